The van der Waals surface area contributed by atoms with E-state index < -0.39 is 0 Å². The van der Waals surface area contributed by atoms with Gasteiger partial charge in [-0.15, -0.1) is 0 Å². The predicted octanol–water partition coefficient (Wildman–Crippen LogP) is 2.57. The Morgan fingerprint density at radius 1 is 1.33 bits per heavy atom. The summed E-state index contributed by atoms with van der Waals surface area (Å²) in [6.07, 6.45) is 4.10. The number of rotatable bonds is 7. The molecule has 0 aromatic carbocycles. The first-order chi connectivity index (χ1) is 8.47. The molecule has 4 heteroatoms. The topological polar surface area (TPSA) is 49.5 Å². The van der Waals surface area contributed by atoms with E-state index in [1.165, 1.54) is 0 Å². The minimum absolute atomic E-state index is 0.00349. The van der Waals surface area contributed by atoms with Gasteiger partial charge in [-0.05, 0) is 13.0 Å². The molecule has 0 saturated carbocycles. The molecule has 0 spiro atoms. The van der Waals surface area contributed by atoms with E-state index in [1.54, 1.807) is 0 Å². The minimum atomic E-state index is -0.00349. The molecule has 0 aliphatic rings. The number of aliphatic hydroxyl groups is 1. The van der Waals surface area contributed by atoms with Gasteiger partial charge in [-0.2, -0.15) is 0 Å². The van der Waals surface area contributed by atoms with Crippen molar-refractivity contribution in [1.82, 2.24) is 9.88 Å². The lowest BCUT2D eigenvalue weighted by atomic mass is 9.94. The van der Waals surface area contributed by atoms with Gasteiger partial charge in [0.25, 0.3) is 0 Å². The highest BCUT2D eigenvalue weighted by molar-refractivity contribution is 5.05. The minimum Gasteiger partial charge on any atom is -0.444 e. The Hall–Kier alpha value is -0.870. The van der Waals surface area contributed by atoms with Crippen LogP contribution in [0.25, 0.3) is 0 Å². The first-order valence-corrected chi connectivity index (χ1v) is 6.75. The van der Waals surface area contributed by atoms with Crippen molar-refractivity contribution in [1.29, 1.82) is 0 Å². The maximum absolute atomic E-state index is 9.06. The van der Waals surface area contributed by atoms with Crippen molar-refractivity contribution in [2.24, 2.45) is 0 Å². The van der Waals surface area contributed by atoms with Gasteiger partial charge in [-0.25, -0.2) is 4.98 Å². The normalized spacial score (nSPS) is 12.3. The summed E-state index contributed by atoms with van der Waals surface area (Å²) in [5.41, 5.74) is -0.00349. The highest BCUT2D eigenvalue weighted by atomic mass is 16.4. The summed E-state index contributed by atoms with van der Waals surface area (Å²) in [7, 11) is 0. The van der Waals surface area contributed by atoms with Gasteiger partial charge in [0.2, 0.25) is 5.89 Å². The van der Waals surface area contributed by atoms with Crippen molar-refractivity contribution in [3.63, 3.8) is 0 Å². The highest BCUT2D eigenvalue weighted by Gasteiger charge is 2.19. The molecular weight excluding hydrogens is 228 g/mol. The van der Waals surface area contributed by atoms with Crippen molar-refractivity contribution in [3.05, 3.63) is 17.8 Å². The molecule has 0 fully saturated rings. The van der Waals surface area contributed by atoms with Crippen LogP contribution < -0.4 is 0 Å². The second kappa shape index (κ2) is 6.90. The highest BCUT2D eigenvalue weighted by Crippen LogP contribution is 2.23. The lowest BCUT2D eigenvalue weighted by Gasteiger charge is -2.19. The molecule has 0 aliphatic heterocycles. The molecule has 1 aromatic rings. The zero-order chi connectivity index (χ0) is 13.6. The van der Waals surface area contributed by atoms with Crippen LogP contribution >= 0.6 is 0 Å². The van der Waals surface area contributed by atoms with E-state index in [9.17, 15) is 0 Å². The monoisotopic (exact) mass is 254 g/mol. The number of hydrogen-bond donors (Lipinski definition) is 1. The zero-order valence-electron chi connectivity index (χ0n) is 12.1. The van der Waals surface area contributed by atoms with Gasteiger partial charge in [0, 0.05) is 12.0 Å². The fraction of sp³-hybridized carbons (Fsp3) is 0.786. The fourth-order valence-electron chi connectivity index (χ4n) is 1.71. The third-order valence-electron chi connectivity index (χ3n) is 2.90. The van der Waals surface area contributed by atoms with Gasteiger partial charge in [-0.3, -0.25) is 4.90 Å². The van der Waals surface area contributed by atoms with Crippen LogP contribution in [0.5, 0.6) is 0 Å². The summed E-state index contributed by atoms with van der Waals surface area (Å²) < 4.78 is 5.77. The van der Waals surface area contributed by atoms with Gasteiger partial charge >= 0.3 is 0 Å². The second-order valence-electron chi connectivity index (χ2n) is 5.72. The van der Waals surface area contributed by atoms with Gasteiger partial charge in [0.05, 0.1) is 19.3 Å². The Morgan fingerprint density at radius 3 is 2.56 bits per heavy atom. The fourth-order valence-corrected chi connectivity index (χ4v) is 1.71. The average molecular weight is 254 g/mol. The second-order valence-corrected chi connectivity index (χ2v) is 5.72. The van der Waals surface area contributed by atoms with Crippen LogP contribution in [0.15, 0.2) is 10.6 Å². The molecule has 4 nitrogen and oxygen atoms in total. The van der Waals surface area contributed by atoms with Crippen molar-refractivity contribution in [2.45, 2.75) is 52.5 Å². The van der Waals surface area contributed by atoms with Gasteiger partial charge in [0.1, 0.15) is 5.76 Å². The average Bonchev–Trinajstić information content (AvgIpc) is 2.74. The standard InChI is InChI=1S/C14H26N2O2/c1-5-6-7-16(8-9-17)11-13-15-10-12(18-13)14(2,3)4/h10,17H,5-9,11H2,1-4H3. The molecule has 0 bridgehead atoms. The quantitative estimate of drug-likeness (QED) is 0.812. The van der Waals surface area contributed by atoms with Crippen LogP contribution in [-0.2, 0) is 12.0 Å². The molecule has 0 unspecified atom stereocenters. The largest absolute Gasteiger partial charge is 0.444 e. The molecule has 104 valence electrons. The van der Waals surface area contributed by atoms with Gasteiger partial charge in [-0.1, -0.05) is 34.1 Å². The van der Waals surface area contributed by atoms with E-state index in [-0.39, 0.29) is 12.0 Å². The third kappa shape index (κ3) is 4.78. The molecule has 1 aromatic heterocycles. The van der Waals surface area contributed by atoms with Crippen LogP contribution in [0, 0.1) is 0 Å². The summed E-state index contributed by atoms with van der Waals surface area (Å²) in [5, 5.41) is 9.06. The van der Waals surface area contributed by atoms with E-state index in [0.717, 1.165) is 31.0 Å². The molecule has 1 rings (SSSR count). The molecule has 0 aliphatic carbocycles. The Balaban J connectivity index is 2.60. The summed E-state index contributed by atoms with van der Waals surface area (Å²) in [5.74, 6) is 1.65. The maximum atomic E-state index is 9.06. The van der Waals surface area contributed by atoms with E-state index in [0.29, 0.717) is 13.1 Å². The smallest absolute Gasteiger partial charge is 0.208 e. The summed E-state index contributed by atoms with van der Waals surface area (Å²) in [4.78, 5) is 6.51. The molecule has 0 atom stereocenters. The van der Waals surface area contributed by atoms with Crippen molar-refractivity contribution < 1.29 is 9.52 Å². The first-order valence-electron chi connectivity index (χ1n) is 6.75. The molecular formula is C14H26N2O2. The third-order valence-corrected chi connectivity index (χ3v) is 2.90. The zero-order valence-corrected chi connectivity index (χ0v) is 12.1. The van der Waals surface area contributed by atoms with E-state index in [4.69, 9.17) is 9.52 Å². The number of oxazole rings is 1. The summed E-state index contributed by atoms with van der Waals surface area (Å²) >= 11 is 0. The number of unbranched alkanes of at least 4 members (excludes halogenated alkanes) is 1. The summed E-state index contributed by atoms with van der Waals surface area (Å²) in [6, 6.07) is 0. The Kier molecular flexibility index (Phi) is 5.82. The van der Waals surface area contributed by atoms with Crippen molar-refractivity contribution in [2.75, 3.05) is 19.7 Å². The Morgan fingerprint density at radius 2 is 2.06 bits per heavy atom. The lowest BCUT2D eigenvalue weighted by Crippen LogP contribution is -2.27. The Bertz CT molecular complexity index is 342. The lowest BCUT2D eigenvalue weighted by molar-refractivity contribution is 0.174. The molecule has 0 saturated heterocycles. The molecule has 1 N–H and O–H groups in total. The van der Waals surface area contributed by atoms with Crippen LogP contribution in [0.3, 0.4) is 0 Å². The number of nitrogens with zero attached hydrogens (tertiary/aromatic N) is 2. The van der Waals surface area contributed by atoms with Crippen LogP contribution in [0.2, 0.25) is 0 Å². The maximum Gasteiger partial charge on any atom is 0.208 e. The van der Waals surface area contributed by atoms with Gasteiger partial charge < -0.3 is 9.52 Å². The van der Waals surface area contributed by atoms with Crippen LogP contribution in [-0.4, -0.2) is 34.7 Å². The number of aromatic nitrogens is 1. The van der Waals surface area contributed by atoms with E-state index in [2.05, 4.69) is 37.6 Å². The SMILES string of the molecule is CCCCN(CCO)Cc1ncc(C(C)(C)C)o1. The van der Waals surface area contributed by atoms with Crippen molar-refractivity contribution in [3.8, 4) is 0 Å². The molecule has 18 heavy (non-hydrogen) atoms. The number of hydrogen-bond acceptors (Lipinski definition) is 4. The number of aliphatic hydroxyl groups excluding tert-OH is 1. The predicted molar refractivity (Wildman–Crippen MR) is 72.5 cm³/mol. The molecule has 1 heterocycles. The van der Waals surface area contributed by atoms with Crippen LogP contribution in [0.4, 0.5) is 0 Å². The summed E-state index contributed by atoms with van der Waals surface area (Å²) in [6.45, 7) is 11.0. The van der Waals surface area contributed by atoms with Crippen molar-refractivity contribution >= 4 is 0 Å². The van der Waals surface area contributed by atoms with Gasteiger partial charge in [0.15, 0.2) is 0 Å². The van der Waals surface area contributed by atoms with E-state index in [1.807, 2.05) is 6.20 Å². The molecule has 0 amide bonds. The van der Waals surface area contributed by atoms with Crippen LogP contribution in [0.1, 0.15) is 52.2 Å². The molecule has 0 radical (unpaired) electrons. The Labute approximate surface area is 110 Å². The van der Waals surface area contributed by atoms with E-state index >= 15 is 0 Å². The first kappa shape index (κ1) is 15.2.